The number of sulfonamides is 1. The van der Waals surface area contributed by atoms with Gasteiger partial charge in [-0.15, -0.1) is 0 Å². The number of nitrogens with zero attached hydrogens (tertiary/aromatic N) is 3. The Kier molecular flexibility index (Phi) is 7.53. The number of rotatable bonds is 8. The van der Waals surface area contributed by atoms with Gasteiger partial charge >= 0.3 is 0 Å². The number of fused-ring (bicyclic) bond motifs is 1. The molecule has 1 aliphatic rings. The highest BCUT2D eigenvalue weighted by Gasteiger charge is 2.31. The van der Waals surface area contributed by atoms with Crippen LogP contribution in [0.1, 0.15) is 31.4 Å². The molecule has 0 aliphatic carbocycles. The molecule has 0 atom stereocenters. The van der Waals surface area contributed by atoms with Crippen LogP contribution in [0.3, 0.4) is 0 Å². The largest absolute Gasteiger partial charge is 0.337 e. The lowest BCUT2D eigenvalue weighted by atomic mass is 10.00. The third kappa shape index (κ3) is 5.46. The van der Waals surface area contributed by atoms with Crippen LogP contribution in [0.25, 0.3) is 0 Å². The van der Waals surface area contributed by atoms with E-state index in [1.165, 1.54) is 17.7 Å². The molecule has 0 N–H and O–H groups in total. The summed E-state index contributed by atoms with van der Waals surface area (Å²) in [5, 5.41) is 11.1. The van der Waals surface area contributed by atoms with Crippen LogP contribution in [0.2, 0.25) is 5.02 Å². The van der Waals surface area contributed by atoms with Gasteiger partial charge in [0.15, 0.2) is 0 Å². The van der Waals surface area contributed by atoms with Gasteiger partial charge in [-0.2, -0.15) is 4.31 Å². The van der Waals surface area contributed by atoms with Crippen LogP contribution in [-0.4, -0.2) is 48.1 Å². The first-order valence-corrected chi connectivity index (χ1v) is 12.2. The summed E-state index contributed by atoms with van der Waals surface area (Å²) >= 11 is 5.84. The Morgan fingerprint density at radius 1 is 1.22 bits per heavy atom. The van der Waals surface area contributed by atoms with Gasteiger partial charge in [0.25, 0.3) is 5.69 Å². The molecule has 10 heteroatoms. The first kappa shape index (κ1) is 24.2. The number of hydrogen-bond donors (Lipinski definition) is 0. The Balaban J connectivity index is 1.85. The van der Waals surface area contributed by atoms with Crippen molar-refractivity contribution in [2.75, 3.05) is 19.6 Å². The van der Waals surface area contributed by atoms with E-state index in [2.05, 4.69) is 0 Å². The number of carbonyl (C=O) groups excluding carboxylic acids is 1. The molecule has 8 nitrogen and oxygen atoms in total. The molecule has 32 heavy (non-hydrogen) atoms. The Bertz CT molecular complexity index is 1120. The van der Waals surface area contributed by atoms with Crippen molar-refractivity contribution in [1.82, 2.24) is 9.21 Å². The maximum Gasteiger partial charge on any atom is 0.289 e. The average Bonchev–Trinajstić information content (AvgIpc) is 2.75. The smallest absolute Gasteiger partial charge is 0.289 e. The van der Waals surface area contributed by atoms with Crippen LogP contribution in [0, 0.1) is 16.0 Å². The number of benzene rings is 2. The van der Waals surface area contributed by atoms with Gasteiger partial charge in [-0.3, -0.25) is 14.9 Å². The van der Waals surface area contributed by atoms with Crippen LogP contribution in [0.15, 0.2) is 47.4 Å². The van der Waals surface area contributed by atoms with Crippen molar-refractivity contribution in [3.05, 3.63) is 68.7 Å². The molecule has 1 aliphatic heterocycles. The Morgan fingerprint density at radius 2 is 1.91 bits per heavy atom. The van der Waals surface area contributed by atoms with Gasteiger partial charge < -0.3 is 4.90 Å². The summed E-state index contributed by atoms with van der Waals surface area (Å²) in [4.78, 5) is 25.0. The predicted molar refractivity (Wildman–Crippen MR) is 122 cm³/mol. The van der Waals surface area contributed by atoms with E-state index in [-0.39, 0.29) is 34.8 Å². The lowest BCUT2D eigenvalue weighted by molar-refractivity contribution is -0.384. The number of halogens is 1. The van der Waals surface area contributed by atoms with Crippen molar-refractivity contribution in [3.8, 4) is 0 Å². The Hall–Kier alpha value is -2.49. The van der Waals surface area contributed by atoms with Crippen LogP contribution in [0.4, 0.5) is 5.69 Å². The van der Waals surface area contributed by atoms with Crippen molar-refractivity contribution in [2.45, 2.75) is 38.1 Å². The van der Waals surface area contributed by atoms with E-state index in [0.29, 0.717) is 25.9 Å². The molecule has 0 saturated carbocycles. The Morgan fingerprint density at radius 3 is 2.56 bits per heavy atom. The van der Waals surface area contributed by atoms with Crippen LogP contribution in [0.5, 0.6) is 0 Å². The number of nitro groups is 1. The standard InChI is InChI=1S/C22H26ClN3O5S/c1-16(2)9-12-25(32(30,31)19-7-8-20(23)21(13-19)26(28)29)15-22(27)24-11-10-17-5-3-4-6-18(17)14-24/h3-8,13,16H,9-12,14-15H2,1-2H3. The van der Waals surface area contributed by atoms with Crippen molar-refractivity contribution in [1.29, 1.82) is 0 Å². The van der Waals surface area contributed by atoms with E-state index < -0.39 is 20.6 Å². The van der Waals surface area contributed by atoms with Crippen LogP contribution < -0.4 is 0 Å². The van der Waals surface area contributed by atoms with Crippen molar-refractivity contribution >= 4 is 33.2 Å². The summed E-state index contributed by atoms with van der Waals surface area (Å²) < 4.78 is 27.8. The van der Waals surface area contributed by atoms with Gasteiger partial charge in [-0.1, -0.05) is 49.7 Å². The minimum atomic E-state index is -4.14. The molecule has 0 aromatic heterocycles. The fourth-order valence-electron chi connectivity index (χ4n) is 3.59. The third-order valence-electron chi connectivity index (χ3n) is 5.50. The van der Waals surface area contributed by atoms with Gasteiger partial charge in [-0.25, -0.2) is 8.42 Å². The minimum absolute atomic E-state index is 0.132. The topological polar surface area (TPSA) is 101 Å². The molecule has 2 aromatic carbocycles. The highest BCUT2D eigenvalue weighted by atomic mass is 35.5. The molecule has 0 saturated heterocycles. The normalized spacial score (nSPS) is 14.0. The van der Waals surface area contributed by atoms with Gasteiger partial charge in [-0.05, 0) is 42.0 Å². The summed E-state index contributed by atoms with van der Waals surface area (Å²) in [6.45, 7) is 4.67. The number of nitro benzene ring substituents is 1. The van der Waals surface area contributed by atoms with E-state index >= 15 is 0 Å². The summed E-state index contributed by atoms with van der Waals surface area (Å²) in [6.07, 6.45) is 1.26. The zero-order valence-corrected chi connectivity index (χ0v) is 19.6. The van der Waals surface area contributed by atoms with Crippen LogP contribution >= 0.6 is 11.6 Å². The summed E-state index contributed by atoms with van der Waals surface area (Å²) in [5.41, 5.74) is 1.75. The first-order valence-electron chi connectivity index (χ1n) is 10.4. The van der Waals surface area contributed by atoms with Gasteiger partial charge in [0.2, 0.25) is 15.9 Å². The number of carbonyl (C=O) groups is 1. The minimum Gasteiger partial charge on any atom is -0.337 e. The van der Waals surface area contributed by atoms with E-state index in [1.54, 1.807) is 4.90 Å². The van der Waals surface area contributed by atoms with Gasteiger partial charge in [0.05, 0.1) is 16.4 Å². The fourth-order valence-corrected chi connectivity index (χ4v) is 5.20. The van der Waals surface area contributed by atoms with E-state index in [4.69, 9.17) is 11.6 Å². The molecule has 2 aromatic rings. The molecule has 172 valence electrons. The molecular weight excluding hydrogens is 454 g/mol. The van der Waals surface area contributed by atoms with Crippen molar-refractivity contribution in [2.24, 2.45) is 5.92 Å². The predicted octanol–water partition coefficient (Wildman–Crippen LogP) is 3.87. The second-order valence-corrected chi connectivity index (χ2v) is 10.6. The molecule has 0 unspecified atom stereocenters. The monoisotopic (exact) mass is 479 g/mol. The molecule has 0 fully saturated rings. The van der Waals surface area contributed by atoms with Crippen LogP contribution in [-0.2, 0) is 27.8 Å². The average molecular weight is 480 g/mol. The molecule has 0 radical (unpaired) electrons. The van der Waals surface area contributed by atoms with E-state index in [9.17, 15) is 23.3 Å². The second-order valence-electron chi connectivity index (χ2n) is 8.23. The summed E-state index contributed by atoms with van der Waals surface area (Å²) in [5.74, 6) is -0.0838. The quantitative estimate of drug-likeness (QED) is 0.422. The second kappa shape index (κ2) is 9.97. The summed E-state index contributed by atoms with van der Waals surface area (Å²) in [6, 6.07) is 11.2. The third-order valence-corrected chi connectivity index (χ3v) is 7.66. The molecule has 0 bridgehead atoms. The highest BCUT2D eigenvalue weighted by Crippen LogP contribution is 2.29. The summed E-state index contributed by atoms with van der Waals surface area (Å²) in [7, 11) is -4.14. The van der Waals surface area contributed by atoms with Gasteiger partial charge in [0.1, 0.15) is 5.02 Å². The number of amides is 1. The molecular formula is C22H26ClN3O5S. The zero-order valence-electron chi connectivity index (χ0n) is 18.0. The van der Waals surface area contributed by atoms with E-state index in [0.717, 1.165) is 15.9 Å². The maximum absolute atomic E-state index is 13.3. The number of hydrogen-bond acceptors (Lipinski definition) is 5. The molecule has 3 rings (SSSR count). The SMILES string of the molecule is CC(C)CCN(CC(=O)N1CCc2ccccc2C1)S(=O)(=O)c1ccc(Cl)c([N+](=O)[O-])c1. The molecule has 1 amide bonds. The lowest BCUT2D eigenvalue weighted by Gasteiger charge is -2.31. The Labute approximate surface area is 193 Å². The molecule has 0 spiro atoms. The van der Waals surface area contributed by atoms with E-state index in [1.807, 2.05) is 38.1 Å². The molecule has 1 heterocycles. The fraction of sp³-hybridized carbons (Fsp3) is 0.409. The first-order chi connectivity index (χ1) is 15.1. The highest BCUT2D eigenvalue weighted by molar-refractivity contribution is 7.89. The maximum atomic E-state index is 13.3. The van der Waals surface area contributed by atoms with Crippen molar-refractivity contribution < 1.29 is 18.1 Å². The van der Waals surface area contributed by atoms with Gasteiger partial charge in [0, 0.05) is 25.7 Å². The van der Waals surface area contributed by atoms with Crippen molar-refractivity contribution in [3.63, 3.8) is 0 Å². The lowest BCUT2D eigenvalue weighted by Crippen LogP contribution is -2.45. The zero-order chi connectivity index (χ0) is 23.5.